The van der Waals surface area contributed by atoms with E-state index in [4.69, 9.17) is 0 Å². The molecule has 0 spiro atoms. The van der Waals surface area contributed by atoms with E-state index in [0.717, 1.165) is 18.5 Å². The minimum atomic E-state index is -0.0597. The van der Waals surface area contributed by atoms with E-state index < -0.39 is 0 Å². The predicted octanol–water partition coefficient (Wildman–Crippen LogP) is 2.06. The van der Waals surface area contributed by atoms with E-state index >= 15 is 0 Å². The number of carbonyl (C=O) groups excluding carboxylic acids is 1. The van der Waals surface area contributed by atoms with Crippen LogP contribution in [0.25, 0.3) is 0 Å². The quantitative estimate of drug-likeness (QED) is 0.805. The fourth-order valence-corrected chi connectivity index (χ4v) is 2.12. The maximum Gasteiger partial charge on any atom is 0.251 e. The molecule has 0 saturated heterocycles. The number of hydrogen-bond donors (Lipinski definition) is 2. The van der Waals surface area contributed by atoms with Crippen LogP contribution < -0.4 is 10.6 Å². The van der Waals surface area contributed by atoms with Crippen molar-refractivity contribution in [3.8, 4) is 0 Å². The van der Waals surface area contributed by atoms with E-state index in [1.165, 1.54) is 0 Å². The fraction of sp³-hybridized carbons (Fsp3) is 0.375. The summed E-state index contributed by atoms with van der Waals surface area (Å²) in [6.07, 6.45) is 6.63. The van der Waals surface area contributed by atoms with Gasteiger partial charge in [-0.3, -0.25) is 9.79 Å². The second-order valence-electron chi connectivity index (χ2n) is 5.32. The Morgan fingerprint density at radius 1 is 1.40 bits per heavy atom. The van der Waals surface area contributed by atoms with Crippen molar-refractivity contribution in [1.29, 1.82) is 0 Å². The summed E-state index contributed by atoms with van der Waals surface area (Å²) in [5.41, 5.74) is 1.74. The molecule has 2 N–H and O–H groups in total. The molecule has 0 saturated carbocycles. The van der Waals surface area contributed by atoms with E-state index in [9.17, 15) is 4.79 Å². The van der Waals surface area contributed by atoms with Crippen molar-refractivity contribution in [2.24, 2.45) is 4.99 Å². The molecule has 20 heavy (non-hydrogen) atoms. The lowest BCUT2D eigenvalue weighted by Gasteiger charge is -2.27. The molecule has 1 heterocycles. The van der Waals surface area contributed by atoms with E-state index in [1.807, 2.05) is 43.6 Å². The van der Waals surface area contributed by atoms with Gasteiger partial charge in [-0.2, -0.15) is 0 Å². The molecular weight excluding hydrogens is 250 g/mol. The van der Waals surface area contributed by atoms with Gasteiger partial charge in [0.05, 0.1) is 0 Å². The van der Waals surface area contributed by atoms with Crippen molar-refractivity contribution >= 4 is 12.1 Å². The summed E-state index contributed by atoms with van der Waals surface area (Å²) in [7, 11) is 0. The molecule has 4 heteroatoms. The number of hydrogen-bond acceptors (Lipinski definition) is 3. The molecule has 2 rings (SSSR count). The van der Waals surface area contributed by atoms with Gasteiger partial charge in [0.15, 0.2) is 0 Å². The van der Waals surface area contributed by atoms with Crippen LogP contribution in [0.5, 0.6) is 0 Å². The first kappa shape index (κ1) is 14.5. The standard InChI is InChI=1S/C16H21N3O/c1-13-4-3-5-14(12-13)15(20)18-10-11-19-16(2)6-8-17-9-7-16/h3-6,8-9,12,19H,7,10-11H2,1-2H3,(H,18,20). The highest BCUT2D eigenvalue weighted by Gasteiger charge is 2.20. The number of nitrogens with zero attached hydrogens (tertiary/aromatic N) is 1. The summed E-state index contributed by atoms with van der Waals surface area (Å²) in [5.74, 6) is -0.0265. The lowest BCUT2D eigenvalue weighted by Crippen LogP contribution is -2.45. The van der Waals surface area contributed by atoms with Gasteiger partial charge in [-0.25, -0.2) is 0 Å². The molecule has 1 unspecified atom stereocenters. The number of rotatable bonds is 5. The summed E-state index contributed by atoms with van der Waals surface area (Å²) < 4.78 is 0. The molecule has 1 aromatic carbocycles. The van der Waals surface area contributed by atoms with Gasteiger partial charge >= 0.3 is 0 Å². The first-order chi connectivity index (χ1) is 9.59. The van der Waals surface area contributed by atoms with Crippen LogP contribution >= 0.6 is 0 Å². The Bertz CT molecular complexity index is 536. The summed E-state index contributed by atoms with van der Waals surface area (Å²) in [4.78, 5) is 16.0. The molecule has 1 aliphatic rings. The van der Waals surface area contributed by atoms with Crippen molar-refractivity contribution in [3.05, 3.63) is 47.7 Å². The average molecular weight is 271 g/mol. The highest BCUT2D eigenvalue weighted by molar-refractivity contribution is 5.94. The molecule has 0 radical (unpaired) electrons. The van der Waals surface area contributed by atoms with E-state index in [1.54, 1.807) is 0 Å². The van der Waals surface area contributed by atoms with E-state index in [0.29, 0.717) is 12.1 Å². The van der Waals surface area contributed by atoms with Gasteiger partial charge in [0.25, 0.3) is 5.91 Å². The molecule has 1 amide bonds. The van der Waals surface area contributed by atoms with Crippen LogP contribution in [0.4, 0.5) is 0 Å². The fourth-order valence-electron chi connectivity index (χ4n) is 2.12. The SMILES string of the molecule is Cc1cccc(C(=O)NCCNC2(C)C=CN=CC2)c1. The Morgan fingerprint density at radius 3 is 2.95 bits per heavy atom. The lowest BCUT2D eigenvalue weighted by molar-refractivity contribution is 0.0953. The minimum Gasteiger partial charge on any atom is -0.351 e. The van der Waals surface area contributed by atoms with Crippen LogP contribution in [0, 0.1) is 6.92 Å². The largest absolute Gasteiger partial charge is 0.351 e. The van der Waals surface area contributed by atoms with Crippen molar-refractivity contribution in [2.75, 3.05) is 13.1 Å². The number of nitrogens with one attached hydrogen (secondary N) is 2. The van der Waals surface area contributed by atoms with Gasteiger partial charge in [-0.15, -0.1) is 0 Å². The number of amides is 1. The molecule has 4 nitrogen and oxygen atoms in total. The minimum absolute atomic E-state index is 0.0265. The maximum atomic E-state index is 12.0. The van der Waals surface area contributed by atoms with E-state index in [2.05, 4.69) is 28.6 Å². The summed E-state index contributed by atoms with van der Waals surface area (Å²) >= 11 is 0. The van der Waals surface area contributed by atoms with Gasteiger partial charge in [-0.1, -0.05) is 17.7 Å². The third-order valence-electron chi connectivity index (χ3n) is 3.37. The second-order valence-corrected chi connectivity index (χ2v) is 5.32. The third-order valence-corrected chi connectivity index (χ3v) is 3.37. The number of benzene rings is 1. The molecule has 106 valence electrons. The predicted molar refractivity (Wildman–Crippen MR) is 82.2 cm³/mol. The highest BCUT2D eigenvalue weighted by atomic mass is 16.1. The number of carbonyl (C=O) groups is 1. The van der Waals surface area contributed by atoms with Gasteiger partial charge < -0.3 is 10.6 Å². The zero-order valence-electron chi connectivity index (χ0n) is 12.0. The van der Waals surface area contributed by atoms with Crippen molar-refractivity contribution in [1.82, 2.24) is 10.6 Å². The monoisotopic (exact) mass is 271 g/mol. The molecule has 0 bridgehead atoms. The molecule has 1 aliphatic heterocycles. The first-order valence-electron chi connectivity index (χ1n) is 6.88. The number of aliphatic imine (C=N–C) groups is 1. The highest BCUT2D eigenvalue weighted by Crippen LogP contribution is 2.13. The molecule has 0 fully saturated rings. The molecule has 1 aromatic rings. The normalized spacial score (nSPS) is 20.9. The lowest BCUT2D eigenvalue weighted by atomic mass is 9.97. The van der Waals surface area contributed by atoms with Crippen LogP contribution in [-0.2, 0) is 0 Å². The Labute approximate surface area is 120 Å². The zero-order valence-corrected chi connectivity index (χ0v) is 12.0. The third kappa shape index (κ3) is 4.03. The van der Waals surface area contributed by atoms with Crippen molar-refractivity contribution < 1.29 is 4.79 Å². The summed E-state index contributed by atoms with van der Waals surface area (Å²) in [6, 6.07) is 7.60. The molecule has 0 aromatic heterocycles. The van der Waals surface area contributed by atoms with Crippen molar-refractivity contribution in [3.63, 3.8) is 0 Å². The topological polar surface area (TPSA) is 53.5 Å². The van der Waals surface area contributed by atoms with Gasteiger partial charge in [0.1, 0.15) is 0 Å². The Kier molecular flexibility index (Phi) is 4.69. The smallest absolute Gasteiger partial charge is 0.251 e. The van der Waals surface area contributed by atoms with Crippen molar-refractivity contribution in [2.45, 2.75) is 25.8 Å². The van der Waals surface area contributed by atoms with Gasteiger partial charge in [0, 0.05) is 43.0 Å². The maximum absolute atomic E-state index is 12.0. The Hall–Kier alpha value is -1.94. The van der Waals surface area contributed by atoms with Crippen LogP contribution in [0.1, 0.15) is 29.3 Å². The van der Waals surface area contributed by atoms with Crippen LogP contribution in [0.3, 0.4) is 0 Å². The van der Waals surface area contributed by atoms with Gasteiger partial charge in [0.2, 0.25) is 0 Å². The first-order valence-corrected chi connectivity index (χ1v) is 6.88. The molecule has 1 atom stereocenters. The van der Waals surface area contributed by atoms with Crippen LogP contribution in [0.2, 0.25) is 0 Å². The number of aryl methyl sites for hydroxylation is 1. The molecule has 0 aliphatic carbocycles. The summed E-state index contributed by atoms with van der Waals surface area (Å²) in [6.45, 7) is 5.44. The zero-order chi connectivity index (χ0) is 14.4. The van der Waals surface area contributed by atoms with Crippen LogP contribution in [-0.4, -0.2) is 30.8 Å². The van der Waals surface area contributed by atoms with Crippen LogP contribution in [0.15, 0.2) is 41.5 Å². The Balaban J connectivity index is 1.75. The average Bonchev–Trinajstić information content (AvgIpc) is 2.44. The van der Waals surface area contributed by atoms with E-state index in [-0.39, 0.29) is 11.4 Å². The van der Waals surface area contributed by atoms with Gasteiger partial charge in [-0.05, 0) is 32.1 Å². The Morgan fingerprint density at radius 2 is 2.25 bits per heavy atom. The summed E-state index contributed by atoms with van der Waals surface area (Å²) in [5, 5.41) is 6.35. The second kappa shape index (κ2) is 6.48. The molecular formula is C16H21N3O.